The van der Waals surface area contributed by atoms with Crippen LogP contribution in [0.15, 0.2) is 67.1 Å². The Morgan fingerprint density at radius 3 is 2.36 bits per heavy atom. The van der Waals surface area contributed by atoms with Crippen LogP contribution >= 0.6 is 0 Å². The summed E-state index contributed by atoms with van der Waals surface area (Å²) in [6.07, 6.45) is 5.41. The Labute approximate surface area is 128 Å². The van der Waals surface area contributed by atoms with Crippen molar-refractivity contribution in [2.75, 3.05) is 0 Å². The van der Waals surface area contributed by atoms with E-state index < -0.39 is 0 Å². The van der Waals surface area contributed by atoms with Gasteiger partial charge in [-0.15, -0.1) is 0 Å². The molecule has 3 heterocycles. The maximum Gasteiger partial charge on any atom is 0.163 e. The predicted octanol–water partition coefficient (Wildman–Crippen LogP) is 3.77. The van der Waals surface area contributed by atoms with E-state index in [0.717, 1.165) is 33.7 Å². The van der Waals surface area contributed by atoms with Gasteiger partial charge in [0.1, 0.15) is 0 Å². The molecule has 0 radical (unpaired) electrons. The summed E-state index contributed by atoms with van der Waals surface area (Å²) in [5, 5.41) is 4.70. The Kier molecular flexibility index (Phi) is 2.93. The highest BCUT2D eigenvalue weighted by Gasteiger charge is 2.15. The molecule has 106 valence electrons. The number of aromatic nitrogens is 4. The van der Waals surface area contributed by atoms with Gasteiger partial charge in [0, 0.05) is 29.7 Å². The van der Waals surface area contributed by atoms with Crippen molar-refractivity contribution in [1.29, 1.82) is 0 Å². The fraction of sp³-hybridized carbons (Fsp3) is 0.0556. The molecule has 22 heavy (non-hydrogen) atoms. The lowest BCUT2D eigenvalue weighted by atomic mass is 10.1. The van der Waals surface area contributed by atoms with Gasteiger partial charge >= 0.3 is 0 Å². The first-order chi connectivity index (χ1) is 10.8. The molecule has 0 aliphatic rings. The van der Waals surface area contributed by atoms with Gasteiger partial charge in [0.25, 0.3) is 0 Å². The second-order valence-corrected chi connectivity index (χ2v) is 5.13. The van der Waals surface area contributed by atoms with E-state index in [1.54, 1.807) is 12.4 Å². The number of rotatable bonds is 2. The summed E-state index contributed by atoms with van der Waals surface area (Å²) in [6.45, 7) is 2.02. The molecule has 0 N–H and O–H groups in total. The molecule has 0 saturated heterocycles. The second-order valence-electron chi connectivity index (χ2n) is 5.13. The van der Waals surface area contributed by atoms with Crippen LogP contribution in [0.3, 0.4) is 0 Å². The monoisotopic (exact) mass is 286 g/mol. The van der Waals surface area contributed by atoms with Crippen LogP contribution in [0, 0.1) is 6.92 Å². The largest absolute Gasteiger partial charge is 0.265 e. The average Bonchev–Trinajstić information content (AvgIpc) is 2.92. The van der Waals surface area contributed by atoms with E-state index in [9.17, 15) is 0 Å². The van der Waals surface area contributed by atoms with Gasteiger partial charge < -0.3 is 0 Å². The molecule has 0 aliphatic heterocycles. The minimum Gasteiger partial charge on any atom is -0.265 e. The van der Waals surface area contributed by atoms with Gasteiger partial charge in [-0.25, -0.2) is 9.50 Å². The molecule has 0 saturated carbocycles. The maximum atomic E-state index is 4.70. The summed E-state index contributed by atoms with van der Waals surface area (Å²) in [5.41, 5.74) is 6.14. The minimum atomic E-state index is 0.873. The number of hydrogen-bond donors (Lipinski definition) is 0. The van der Waals surface area contributed by atoms with E-state index in [0.29, 0.717) is 0 Å². The smallest absolute Gasteiger partial charge is 0.163 e. The fourth-order valence-corrected chi connectivity index (χ4v) is 2.74. The van der Waals surface area contributed by atoms with Crippen LogP contribution in [-0.4, -0.2) is 19.6 Å². The van der Waals surface area contributed by atoms with Gasteiger partial charge in [0.2, 0.25) is 0 Å². The molecular weight excluding hydrogens is 272 g/mol. The van der Waals surface area contributed by atoms with Crippen molar-refractivity contribution in [1.82, 2.24) is 19.6 Å². The molecular formula is C18H14N4. The Balaban J connectivity index is 2.01. The van der Waals surface area contributed by atoms with Crippen molar-refractivity contribution >= 4 is 5.65 Å². The minimum absolute atomic E-state index is 0.873. The van der Waals surface area contributed by atoms with E-state index >= 15 is 0 Å². The first-order valence-corrected chi connectivity index (χ1v) is 7.15. The van der Waals surface area contributed by atoms with Crippen LogP contribution in [0.2, 0.25) is 0 Å². The number of aryl methyl sites for hydroxylation is 1. The molecule has 0 bridgehead atoms. The van der Waals surface area contributed by atoms with Gasteiger partial charge in [0.15, 0.2) is 5.65 Å². The third-order valence-electron chi connectivity index (χ3n) is 3.73. The van der Waals surface area contributed by atoms with Gasteiger partial charge in [0.05, 0.1) is 11.4 Å². The van der Waals surface area contributed by atoms with Crippen LogP contribution in [0.4, 0.5) is 0 Å². The number of fused-ring (bicyclic) bond motifs is 1. The zero-order valence-corrected chi connectivity index (χ0v) is 12.1. The Bertz CT molecular complexity index is 927. The molecule has 3 aromatic heterocycles. The Morgan fingerprint density at radius 2 is 1.59 bits per heavy atom. The molecule has 1 aromatic carbocycles. The SMILES string of the molecule is Cc1nn2c(-c3ccncc3)ccnc2c1-c1ccccc1. The predicted molar refractivity (Wildman–Crippen MR) is 86.4 cm³/mol. The third-order valence-corrected chi connectivity index (χ3v) is 3.73. The standard InChI is InChI=1S/C18H14N4/c1-13-17(15-5-3-2-4-6-15)18-20-12-9-16(22(18)21-13)14-7-10-19-11-8-14/h2-12H,1H3. The molecule has 4 heteroatoms. The number of benzene rings is 1. The summed E-state index contributed by atoms with van der Waals surface area (Å²) in [6, 6.07) is 16.2. The normalized spacial score (nSPS) is 11.0. The molecule has 0 atom stereocenters. The summed E-state index contributed by atoms with van der Waals surface area (Å²) in [4.78, 5) is 8.63. The molecule has 0 aliphatic carbocycles. The molecule has 0 amide bonds. The van der Waals surface area contributed by atoms with E-state index in [1.165, 1.54) is 0 Å². The van der Waals surface area contributed by atoms with Crippen LogP contribution in [0.1, 0.15) is 5.69 Å². The first kappa shape index (κ1) is 12.7. The van der Waals surface area contributed by atoms with Crippen molar-refractivity contribution in [2.45, 2.75) is 6.92 Å². The van der Waals surface area contributed by atoms with Crippen molar-refractivity contribution in [3.05, 3.63) is 72.8 Å². The lowest BCUT2D eigenvalue weighted by Crippen LogP contribution is -1.95. The number of hydrogen-bond acceptors (Lipinski definition) is 3. The van der Waals surface area contributed by atoms with E-state index in [4.69, 9.17) is 5.10 Å². The molecule has 4 nitrogen and oxygen atoms in total. The number of pyridine rings is 1. The van der Waals surface area contributed by atoms with Crippen molar-refractivity contribution < 1.29 is 0 Å². The third kappa shape index (κ3) is 1.97. The topological polar surface area (TPSA) is 43.1 Å². The second kappa shape index (κ2) is 5.07. The Morgan fingerprint density at radius 1 is 0.818 bits per heavy atom. The summed E-state index contributed by atoms with van der Waals surface area (Å²) in [7, 11) is 0. The molecule has 0 unspecified atom stereocenters. The maximum absolute atomic E-state index is 4.70. The summed E-state index contributed by atoms with van der Waals surface area (Å²) in [5.74, 6) is 0. The number of nitrogens with zero attached hydrogens (tertiary/aromatic N) is 4. The van der Waals surface area contributed by atoms with Crippen LogP contribution < -0.4 is 0 Å². The lowest BCUT2D eigenvalue weighted by molar-refractivity contribution is 0.924. The quantitative estimate of drug-likeness (QED) is 0.563. The van der Waals surface area contributed by atoms with Crippen LogP contribution in [0.5, 0.6) is 0 Å². The highest BCUT2D eigenvalue weighted by molar-refractivity contribution is 5.81. The molecule has 0 spiro atoms. The zero-order valence-electron chi connectivity index (χ0n) is 12.1. The van der Waals surface area contributed by atoms with Crippen LogP contribution in [0.25, 0.3) is 28.0 Å². The average molecular weight is 286 g/mol. The summed E-state index contributed by atoms with van der Waals surface area (Å²) < 4.78 is 1.91. The molecule has 0 fully saturated rings. The van der Waals surface area contributed by atoms with Crippen molar-refractivity contribution in [2.24, 2.45) is 0 Å². The summed E-state index contributed by atoms with van der Waals surface area (Å²) >= 11 is 0. The van der Waals surface area contributed by atoms with Gasteiger partial charge in [-0.05, 0) is 30.7 Å². The lowest BCUT2D eigenvalue weighted by Gasteiger charge is -2.04. The molecule has 4 rings (SSSR count). The highest BCUT2D eigenvalue weighted by atomic mass is 15.3. The van der Waals surface area contributed by atoms with Crippen molar-refractivity contribution in [3.63, 3.8) is 0 Å². The first-order valence-electron chi connectivity index (χ1n) is 7.15. The Hall–Kier alpha value is -3.01. The highest BCUT2D eigenvalue weighted by Crippen LogP contribution is 2.29. The fourth-order valence-electron chi connectivity index (χ4n) is 2.74. The van der Waals surface area contributed by atoms with Gasteiger partial charge in [-0.2, -0.15) is 5.10 Å². The zero-order chi connectivity index (χ0) is 14.9. The van der Waals surface area contributed by atoms with Gasteiger partial charge in [-0.3, -0.25) is 4.98 Å². The van der Waals surface area contributed by atoms with E-state index in [2.05, 4.69) is 22.1 Å². The van der Waals surface area contributed by atoms with E-state index in [1.807, 2.05) is 54.0 Å². The molecule has 4 aromatic rings. The van der Waals surface area contributed by atoms with E-state index in [-0.39, 0.29) is 0 Å². The van der Waals surface area contributed by atoms with Crippen molar-refractivity contribution in [3.8, 4) is 22.4 Å². The van der Waals surface area contributed by atoms with Gasteiger partial charge in [-0.1, -0.05) is 30.3 Å². The van der Waals surface area contributed by atoms with Crippen LogP contribution in [-0.2, 0) is 0 Å².